The highest BCUT2D eigenvalue weighted by molar-refractivity contribution is 5.97. The monoisotopic (exact) mass is 409 g/mol. The van der Waals surface area contributed by atoms with Gasteiger partial charge in [0.15, 0.2) is 5.78 Å². The van der Waals surface area contributed by atoms with Crippen LogP contribution in [0.15, 0.2) is 47.0 Å². The molecule has 0 fully saturated rings. The van der Waals surface area contributed by atoms with Crippen LogP contribution in [0.2, 0.25) is 0 Å². The number of nitrogens with zero attached hydrogens (tertiary/aromatic N) is 2. The molecular formula is C19H15F4N3O3. The molecule has 0 saturated carbocycles. The lowest BCUT2D eigenvalue weighted by Gasteiger charge is -2.13. The normalized spacial score (nSPS) is 11.5. The Kier molecular flexibility index (Phi) is 5.92. The van der Waals surface area contributed by atoms with E-state index in [2.05, 4.69) is 10.1 Å². The van der Waals surface area contributed by atoms with E-state index in [1.807, 2.05) is 0 Å². The summed E-state index contributed by atoms with van der Waals surface area (Å²) in [6.07, 6.45) is -4.71. The number of ether oxygens (including phenoxy) is 1. The van der Waals surface area contributed by atoms with Gasteiger partial charge in [-0.05, 0) is 18.2 Å². The van der Waals surface area contributed by atoms with Crippen LogP contribution in [-0.2, 0) is 6.18 Å². The van der Waals surface area contributed by atoms with E-state index >= 15 is 0 Å². The van der Waals surface area contributed by atoms with Crippen molar-refractivity contribution in [3.63, 3.8) is 0 Å². The molecule has 0 aliphatic rings. The zero-order valence-electron chi connectivity index (χ0n) is 14.9. The van der Waals surface area contributed by atoms with E-state index in [9.17, 15) is 22.4 Å². The van der Waals surface area contributed by atoms with Crippen LogP contribution < -0.4 is 10.5 Å². The molecule has 1 aromatic heterocycles. The van der Waals surface area contributed by atoms with Crippen molar-refractivity contribution in [1.82, 2.24) is 10.1 Å². The van der Waals surface area contributed by atoms with Crippen LogP contribution in [0.1, 0.15) is 15.9 Å². The first kappa shape index (κ1) is 20.5. The minimum atomic E-state index is -4.71. The van der Waals surface area contributed by atoms with Crippen molar-refractivity contribution >= 4 is 5.78 Å². The Morgan fingerprint density at radius 3 is 2.41 bits per heavy atom. The highest BCUT2D eigenvalue weighted by Gasteiger charge is 2.35. The average molecular weight is 409 g/mol. The van der Waals surface area contributed by atoms with Gasteiger partial charge in [-0.15, -0.1) is 0 Å². The number of ketones is 1. The van der Waals surface area contributed by atoms with Gasteiger partial charge in [-0.2, -0.15) is 18.2 Å². The molecular weight excluding hydrogens is 394 g/mol. The zero-order valence-corrected chi connectivity index (χ0v) is 14.9. The Morgan fingerprint density at radius 2 is 1.79 bits per heavy atom. The van der Waals surface area contributed by atoms with Gasteiger partial charge in [-0.3, -0.25) is 4.79 Å². The van der Waals surface area contributed by atoms with Crippen molar-refractivity contribution < 1.29 is 31.6 Å². The van der Waals surface area contributed by atoms with Crippen molar-refractivity contribution in [2.75, 3.05) is 19.8 Å². The van der Waals surface area contributed by atoms with Gasteiger partial charge in [-0.25, -0.2) is 4.39 Å². The van der Waals surface area contributed by atoms with Crippen molar-refractivity contribution in [3.05, 3.63) is 53.6 Å². The molecule has 2 N–H and O–H groups in total. The summed E-state index contributed by atoms with van der Waals surface area (Å²) in [5, 5.41) is 3.76. The Labute approximate surface area is 162 Å². The molecule has 10 heteroatoms. The third kappa shape index (κ3) is 4.60. The van der Waals surface area contributed by atoms with Crippen LogP contribution in [0.25, 0.3) is 22.8 Å². The highest BCUT2D eigenvalue weighted by atomic mass is 19.4. The fourth-order valence-corrected chi connectivity index (χ4v) is 2.54. The largest absolute Gasteiger partial charge is 0.490 e. The van der Waals surface area contributed by atoms with Crippen LogP contribution in [-0.4, -0.2) is 35.8 Å². The predicted molar refractivity (Wildman–Crippen MR) is 95.0 cm³/mol. The number of carbonyl (C=O) groups is 1. The van der Waals surface area contributed by atoms with Crippen molar-refractivity contribution in [2.24, 2.45) is 5.73 Å². The molecule has 3 aromatic rings. The third-order valence-electron chi connectivity index (χ3n) is 3.94. The van der Waals surface area contributed by atoms with Gasteiger partial charge in [0.1, 0.15) is 19.0 Å². The molecule has 29 heavy (non-hydrogen) atoms. The van der Waals surface area contributed by atoms with Crippen LogP contribution in [0, 0.1) is 0 Å². The van der Waals surface area contributed by atoms with E-state index in [-0.39, 0.29) is 29.6 Å². The fraction of sp³-hybridized carbons (Fsp3) is 0.211. The van der Waals surface area contributed by atoms with Gasteiger partial charge in [0.05, 0.1) is 12.1 Å². The third-order valence-corrected chi connectivity index (χ3v) is 3.94. The van der Waals surface area contributed by atoms with Gasteiger partial charge in [0.2, 0.25) is 5.82 Å². The van der Waals surface area contributed by atoms with E-state index in [1.165, 1.54) is 6.07 Å². The number of hydrogen-bond acceptors (Lipinski definition) is 6. The van der Waals surface area contributed by atoms with E-state index in [0.29, 0.717) is 11.1 Å². The molecule has 2 aromatic carbocycles. The molecule has 152 valence electrons. The quantitative estimate of drug-likeness (QED) is 0.470. The topological polar surface area (TPSA) is 91.2 Å². The van der Waals surface area contributed by atoms with Crippen LogP contribution in [0.5, 0.6) is 5.75 Å². The van der Waals surface area contributed by atoms with Crippen LogP contribution in [0.4, 0.5) is 17.6 Å². The van der Waals surface area contributed by atoms with Crippen molar-refractivity contribution in [2.45, 2.75) is 6.18 Å². The van der Waals surface area contributed by atoms with Gasteiger partial charge in [0.25, 0.3) is 5.89 Å². The van der Waals surface area contributed by atoms with E-state index in [4.69, 9.17) is 15.0 Å². The summed E-state index contributed by atoms with van der Waals surface area (Å²) < 4.78 is 62.0. The summed E-state index contributed by atoms with van der Waals surface area (Å²) in [6.45, 7) is -1.53. The fourth-order valence-electron chi connectivity index (χ4n) is 2.54. The molecule has 3 rings (SSSR count). The SMILES string of the molecule is NCC(=O)c1ccc(-c2noc(-c3ccc(OCCF)c(C(F)(F)F)c3)n2)cc1. The maximum atomic E-state index is 13.3. The number of alkyl halides is 4. The number of Topliss-reactive ketones (excluding diaryl/α,β-unsaturated/α-hetero) is 1. The summed E-state index contributed by atoms with van der Waals surface area (Å²) in [5.74, 6) is -0.721. The first-order chi connectivity index (χ1) is 13.8. The lowest BCUT2D eigenvalue weighted by atomic mass is 10.1. The summed E-state index contributed by atoms with van der Waals surface area (Å²) in [4.78, 5) is 15.7. The minimum absolute atomic E-state index is 0.0265. The second-order valence-electron chi connectivity index (χ2n) is 5.87. The van der Waals surface area contributed by atoms with Crippen molar-refractivity contribution in [1.29, 1.82) is 0 Å². The Bertz CT molecular complexity index is 1000. The number of benzene rings is 2. The van der Waals surface area contributed by atoms with E-state index < -0.39 is 30.8 Å². The second kappa shape index (κ2) is 8.39. The number of rotatable bonds is 7. The summed E-state index contributed by atoms with van der Waals surface area (Å²) in [5.41, 5.74) is 5.18. The molecule has 0 radical (unpaired) electrons. The van der Waals surface area contributed by atoms with E-state index in [0.717, 1.165) is 12.1 Å². The molecule has 0 spiro atoms. The van der Waals surface area contributed by atoms with Gasteiger partial charge in [-0.1, -0.05) is 29.4 Å². The first-order valence-corrected chi connectivity index (χ1v) is 8.41. The minimum Gasteiger partial charge on any atom is -0.490 e. The van der Waals surface area contributed by atoms with Gasteiger partial charge < -0.3 is 15.0 Å². The van der Waals surface area contributed by atoms with Crippen LogP contribution >= 0.6 is 0 Å². The zero-order chi connectivity index (χ0) is 21.0. The molecule has 0 aliphatic heterocycles. The lowest BCUT2D eigenvalue weighted by molar-refractivity contribution is -0.138. The number of aromatic nitrogens is 2. The lowest BCUT2D eigenvalue weighted by Crippen LogP contribution is -2.13. The standard InChI is InChI=1S/C19H15F4N3O3/c20-7-8-28-16-6-5-13(9-14(16)19(21,22)23)18-25-17(26-29-18)12-3-1-11(2-4-12)15(27)10-24/h1-6,9H,7-8,10,24H2. The highest BCUT2D eigenvalue weighted by Crippen LogP contribution is 2.38. The molecule has 0 saturated heterocycles. The molecule has 6 nitrogen and oxygen atoms in total. The maximum Gasteiger partial charge on any atom is 0.419 e. The average Bonchev–Trinajstić information content (AvgIpc) is 3.21. The molecule has 0 aliphatic carbocycles. The van der Waals surface area contributed by atoms with Crippen molar-refractivity contribution in [3.8, 4) is 28.6 Å². The molecule has 0 atom stereocenters. The van der Waals surface area contributed by atoms with E-state index in [1.54, 1.807) is 24.3 Å². The summed E-state index contributed by atoms with van der Waals surface area (Å²) >= 11 is 0. The molecule has 0 amide bonds. The Morgan fingerprint density at radius 1 is 1.10 bits per heavy atom. The number of nitrogens with two attached hydrogens (primary N) is 1. The predicted octanol–water partition coefficient (Wildman–Crippen LogP) is 3.91. The second-order valence-corrected chi connectivity index (χ2v) is 5.87. The number of carbonyl (C=O) groups excluding carboxylic acids is 1. The smallest absolute Gasteiger partial charge is 0.419 e. The maximum absolute atomic E-state index is 13.3. The molecule has 1 heterocycles. The first-order valence-electron chi connectivity index (χ1n) is 8.41. The summed E-state index contributed by atoms with van der Waals surface area (Å²) in [6, 6.07) is 9.42. The number of halogens is 4. The molecule has 0 bridgehead atoms. The Balaban J connectivity index is 1.90. The Hall–Kier alpha value is -3.27. The number of hydrogen-bond donors (Lipinski definition) is 1. The summed E-state index contributed by atoms with van der Waals surface area (Å²) in [7, 11) is 0. The van der Waals surface area contributed by atoms with Gasteiger partial charge in [0, 0.05) is 16.7 Å². The molecule has 0 unspecified atom stereocenters. The van der Waals surface area contributed by atoms with Crippen LogP contribution in [0.3, 0.4) is 0 Å². The van der Waals surface area contributed by atoms with Gasteiger partial charge >= 0.3 is 6.18 Å².